The number of ether oxygens (including phenoxy) is 2. The van der Waals surface area contributed by atoms with E-state index < -0.39 is 15.7 Å². The van der Waals surface area contributed by atoms with Crippen molar-refractivity contribution in [3.05, 3.63) is 88.4 Å². The first-order valence-electron chi connectivity index (χ1n) is 15.2. The summed E-state index contributed by atoms with van der Waals surface area (Å²) in [6, 6.07) is 17.3. The van der Waals surface area contributed by atoms with Crippen LogP contribution in [0.4, 0.5) is 5.69 Å². The molecular formula is C34H36N4O6S2. The van der Waals surface area contributed by atoms with Crippen LogP contribution in [0.3, 0.4) is 0 Å². The highest BCUT2D eigenvalue weighted by Gasteiger charge is 2.33. The topological polar surface area (TPSA) is 127 Å². The molecule has 2 aliphatic heterocycles. The van der Waals surface area contributed by atoms with E-state index in [4.69, 9.17) is 9.47 Å². The van der Waals surface area contributed by atoms with Gasteiger partial charge in [0.25, 0.3) is 11.8 Å². The summed E-state index contributed by atoms with van der Waals surface area (Å²) in [5, 5.41) is 6.43. The van der Waals surface area contributed by atoms with Crippen LogP contribution in [-0.2, 0) is 21.1 Å². The number of methoxy groups -OCH3 is 1. The highest BCUT2D eigenvalue weighted by Crippen LogP contribution is 2.37. The Hall–Kier alpha value is -4.10. The van der Waals surface area contributed by atoms with Crippen LogP contribution in [0, 0.1) is 6.92 Å². The molecule has 1 atom stereocenters. The smallest absolute Gasteiger partial charge is 0.257 e. The monoisotopic (exact) mass is 660 g/mol. The number of aromatic nitrogens is 1. The van der Waals surface area contributed by atoms with Gasteiger partial charge in [-0.15, -0.1) is 11.3 Å². The molecule has 4 aromatic rings. The maximum atomic E-state index is 13.4. The Balaban J connectivity index is 1.05. The second-order valence-electron chi connectivity index (χ2n) is 11.4. The fraction of sp³-hybridized carbons (Fsp3) is 0.324. The molecular weight excluding hydrogens is 625 g/mol. The molecule has 240 valence electrons. The molecule has 2 amide bonds. The van der Waals surface area contributed by atoms with Gasteiger partial charge in [-0.2, -0.15) is 0 Å². The fourth-order valence-electron chi connectivity index (χ4n) is 6.01. The molecule has 3 aromatic carbocycles. The Morgan fingerprint density at radius 2 is 1.91 bits per heavy atom. The molecule has 12 heteroatoms. The van der Waals surface area contributed by atoms with Crippen LogP contribution in [0.25, 0.3) is 10.6 Å². The Morgan fingerprint density at radius 3 is 2.72 bits per heavy atom. The van der Waals surface area contributed by atoms with Gasteiger partial charge in [0.1, 0.15) is 10.8 Å². The van der Waals surface area contributed by atoms with Crippen LogP contribution < -0.4 is 15.4 Å². The minimum atomic E-state index is -3.97. The van der Waals surface area contributed by atoms with Crippen molar-refractivity contribution in [2.24, 2.45) is 0 Å². The van der Waals surface area contributed by atoms with Crippen LogP contribution in [0.2, 0.25) is 0 Å². The van der Waals surface area contributed by atoms with E-state index in [-0.39, 0.29) is 39.1 Å². The van der Waals surface area contributed by atoms with E-state index in [1.807, 2.05) is 24.3 Å². The van der Waals surface area contributed by atoms with Gasteiger partial charge < -0.3 is 20.1 Å². The van der Waals surface area contributed by atoms with Crippen molar-refractivity contribution < 1.29 is 27.5 Å². The predicted octanol–water partition coefficient (Wildman–Crippen LogP) is 5.33. The molecule has 10 nitrogen and oxygen atoms in total. The standard InChI is InChI=1S/C34H36N4O6S2/c1-22-27(14-15-30-31(22)37-33(40)28-8-3-4-9-29(28)46(30,41)42)32(39)35-19-26-20-36-34(45-26)23-10-12-25(13-11-23)44-18-6-17-38-16-5-7-24(38)21-43-2/h3-4,8-15,20,24H,5-7,16-19,21H2,1-2H3,(H,35,39)(H,37,40). The van der Waals surface area contributed by atoms with E-state index in [9.17, 15) is 18.0 Å². The second kappa shape index (κ2) is 13.7. The lowest BCUT2D eigenvalue weighted by Gasteiger charge is -2.23. The lowest BCUT2D eigenvalue weighted by molar-refractivity contribution is 0.0949. The van der Waals surface area contributed by atoms with Gasteiger partial charge in [0.05, 0.1) is 40.8 Å². The van der Waals surface area contributed by atoms with Gasteiger partial charge in [-0.1, -0.05) is 12.1 Å². The summed E-state index contributed by atoms with van der Waals surface area (Å²) in [7, 11) is -2.21. The van der Waals surface area contributed by atoms with Crippen LogP contribution in [-0.4, -0.2) is 69.6 Å². The number of rotatable bonds is 11. The average Bonchev–Trinajstić information content (AvgIpc) is 3.71. The SMILES string of the molecule is COCC1CCCN1CCCOc1ccc(-c2ncc(CNC(=O)c3ccc4c(c3C)NC(=O)c3ccccc3S4(=O)=O)s2)cc1. The van der Waals surface area contributed by atoms with Crippen molar-refractivity contribution in [3.63, 3.8) is 0 Å². The molecule has 0 bridgehead atoms. The quantitative estimate of drug-likeness (QED) is 0.207. The van der Waals surface area contributed by atoms with Crippen molar-refractivity contribution in [1.29, 1.82) is 0 Å². The highest BCUT2D eigenvalue weighted by molar-refractivity contribution is 7.91. The maximum absolute atomic E-state index is 13.4. The summed E-state index contributed by atoms with van der Waals surface area (Å²) in [5.41, 5.74) is 1.78. The molecule has 0 aliphatic carbocycles. The molecule has 1 saturated heterocycles. The summed E-state index contributed by atoms with van der Waals surface area (Å²) in [5.74, 6) is -0.111. The van der Waals surface area contributed by atoms with Gasteiger partial charge in [-0.3, -0.25) is 14.5 Å². The zero-order valence-corrected chi connectivity index (χ0v) is 27.4. The number of fused-ring (bicyclic) bond motifs is 2. The number of carbonyl (C=O) groups is 2. The first-order valence-corrected chi connectivity index (χ1v) is 17.5. The number of likely N-dealkylation sites (tertiary alicyclic amines) is 1. The van der Waals surface area contributed by atoms with Crippen LogP contribution in [0.1, 0.15) is 50.4 Å². The molecule has 0 radical (unpaired) electrons. The number of benzene rings is 3. The largest absolute Gasteiger partial charge is 0.494 e. The van der Waals surface area contributed by atoms with E-state index in [0.29, 0.717) is 18.2 Å². The molecule has 0 spiro atoms. The lowest BCUT2D eigenvalue weighted by atomic mass is 10.1. The Kier molecular flexibility index (Phi) is 9.50. The lowest BCUT2D eigenvalue weighted by Crippen LogP contribution is -2.34. The molecule has 0 saturated carbocycles. The van der Waals surface area contributed by atoms with E-state index >= 15 is 0 Å². The number of hydrogen-bond donors (Lipinski definition) is 2. The molecule has 46 heavy (non-hydrogen) atoms. The number of nitrogens with one attached hydrogen (secondary N) is 2. The molecule has 6 rings (SSSR count). The molecule has 1 aromatic heterocycles. The molecule has 2 N–H and O–H groups in total. The van der Waals surface area contributed by atoms with Crippen LogP contribution >= 0.6 is 11.3 Å². The van der Waals surface area contributed by atoms with Crippen LogP contribution in [0.15, 0.2) is 76.7 Å². The number of nitrogens with zero attached hydrogens (tertiary/aromatic N) is 2. The van der Waals surface area contributed by atoms with Gasteiger partial charge in [-0.05, 0) is 86.8 Å². The average molecular weight is 661 g/mol. The van der Waals surface area contributed by atoms with E-state index in [0.717, 1.165) is 47.3 Å². The fourth-order valence-corrected chi connectivity index (χ4v) is 8.53. The Bertz CT molecular complexity index is 1860. The van der Waals surface area contributed by atoms with Crippen molar-refractivity contribution in [1.82, 2.24) is 15.2 Å². The third kappa shape index (κ3) is 6.57. The van der Waals surface area contributed by atoms with Gasteiger partial charge in [0.15, 0.2) is 0 Å². The second-order valence-corrected chi connectivity index (χ2v) is 14.4. The van der Waals surface area contributed by atoms with Gasteiger partial charge in [-0.25, -0.2) is 13.4 Å². The first kappa shape index (κ1) is 31.9. The third-order valence-electron chi connectivity index (χ3n) is 8.42. The van der Waals surface area contributed by atoms with E-state index in [1.54, 1.807) is 32.4 Å². The van der Waals surface area contributed by atoms with Crippen molar-refractivity contribution in [2.75, 3.05) is 38.7 Å². The van der Waals surface area contributed by atoms with Gasteiger partial charge >= 0.3 is 0 Å². The Labute approximate surface area is 272 Å². The molecule has 1 unspecified atom stereocenters. The summed E-state index contributed by atoms with van der Waals surface area (Å²) < 4.78 is 38.0. The zero-order chi connectivity index (χ0) is 32.3. The van der Waals surface area contributed by atoms with Crippen molar-refractivity contribution in [2.45, 2.75) is 48.6 Å². The molecule has 2 aliphatic rings. The van der Waals surface area contributed by atoms with Gasteiger partial charge in [0.2, 0.25) is 9.84 Å². The summed E-state index contributed by atoms with van der Waals surface area (Å²) >= 11 is 1.47. The molecule has 1 fully saturated rings. The number of hydrogen-bond acceptors (Lipinski definition) is 9. The first-order chi connectivity index (χ1) is 22.3. The van der Waals surface area contributed by atoms with Crippen molar-refractivity contribution >= 4 is 38.7 Å². The normalized spacial score (nSPS) is 17.1. The number of amides is 2. The number of thiazole rings is 1. The van der Waals surface area contributed by atoms with Crippen molar-refractivity contribution in [3.8, 4) is 16.3 Å². The number of sulfone groups is 1. The van der Waals surface area contributed by atoms with Crippen LogP contribution in [0.5, 0.6) is 5.75 Å². The maximum Gasteiger partial charge on any atom is 0.257 e. The number of anilines is 1. The van der Waals surface area contributed by atoms with Gasteiger partial charge in [0, 0.05) is 41.9 Å². The van der Waals surface area contributed by atoms with E-state index in [1.165, 1.54) is 48.4 Å². The zero-order valence-electron chi connectivity index (χ0n) is 25.7. The van der Waals surface area contributed by atoms with E-state index in [2.05, 4.69) is 20.5 Å². The minimum Gasteiger partial charge on any atom is -0.494 e. The summed E-state index contributed by atoms with van der Waals surface area (Å²) in [6.07, 6.45) is 5.10. The predicted molar refractivity (Wildman–Crippen MR) is 176 cm³/mol. The summed E-state index contributed by atoms with van der Waals surface area (Å²) in [6.45, 7) is 5.43. The molecule has 3 heterocycles. The Morgan fingerprint density at radius 1 is 1.11 bits per heavy atom. The minimum absolute atomic E-state index is 0.0402. The summed E-state index contributed by atoms with van der Waals surface area (Å²) in [4.78, 5) is 33.9. The highest BCUT2D eigenvalue weighted by atomic mass is 32.2. The number of carbonyl (C=O) groups excluding carboxylic acids is 2. The third-order valence-corrected chi connectivity index (χ3v) is 11.3.